The van der Waals surface area contributed by atoms with Gasteiger partial charge in [0.05, 0.1) is 0 Å². The van der Waals surface area contributed by atoms with Crippen molar-refractivity contribution in [3.8, 4) is 0 Å². The molecule has 0 heterocycles. The maximum atomic E-state index is 4.53. The lowest BCUT2D eigenvalue weighted by atomic mass is 9.43. The van der Waals surface area contributed by atoms with Crippen molar-refractivity contribution in [2.75, 3.05) is 0 Å². The molecular weight excluding hydrogens is 276 g/mol. The Morgan fingerprint density at radius 1 is 1.00 bits per heavy atom. The summed E-state index contributed by atoms with van der Waals surface area (Å²) in [6.45, 7) is 9.63. The highest BCUT2D eigenvalue weighted by Crippen LogP contribution is 2.87. The monoisotopic (exact) mass is 308 g/mol. The molecule has 0 aromatic rings. The van der Waals surface area contributed by atoms with E-state index in [1.807, 2.05) is 5.57 Å². The summed E-state index contributed by atoms with van der Waals surface area (Å²) in [6.07, 6.45) is 20.8. The highest BCUT2D eigenvalue weighted by molar-refractivity contribution is 5.54. The van der Waals surface area contributed by atoms with E-state index in [0.29, 0.717) is 22.2 Å². The molecule has 3 saturated carbocycles. The third kappa shape index (κ3) is 1.42. The van der Waals surface area contributed by atoms with Gasteiger partial charge in [-0.2, -0.15) is 0 Å². The molecule has 5 rings (SSSR count). The fourth-order valence-corrected chi connectivity index (χ4v) is 8.32. The van der Waals surface area contributed by atoms with Crippen molar-refractivity contribution < 1.29 is 0 Å². The Kier molecular flexibility index (Phi) is 2.81. The predicted molar refractivity (Wildman–Crippen MR) is 97.0 cm³/mol. The second-order valence-electron chi connectivity index (χ2n) is 9.70. The molecular formula is C23H32. The molecule has 0 aliphatic heterocycles. The number of allylic oxidation sites excluding steroid dienone is 5. The molecule has 1 spiro atoms. The molecule has 124 valence electrons. The van der Waals surface area contributed by atoms with Crippen molar-refractivity contribution >= 4 is 0 Å². The van der Waals surface area contributed by atoms with E-state index in [4.69, 9.17) is 0 Å². The fraction of sp³-hybridized carbons (Fsp3) is 0.739. The van der Waals surface area contributed by atoms with Gasteiger partial charge in [0, 0.05) is 10.8 Å². The van der Waals surface area contributed by atoms with Crippen LogP contribution < -0.4 is 0 Å². The molecule has 5 aliphatic carbocycles. The van der Waals surface area contributed by atoms with Gasteiger partial charge in [0.15, 0.2) is 0 Å². The third-order valence-corrected chi connectivity index (χ3v) is 8.80. The Morgan fingerprint density at radius 2 is 1.74 bits per heavy atom. The minimum absolute atomic E-state index is 0.409. The SMILES string of the molecule is C=C1C=C2CCCC3CC=CC4(C1C4(C)C)C23C1CCCCC1. The lowest BCUT2D eigenvalue weighted by molar-refractivity contribution is -0.0243. The Hall–Kier alpha value is -0.780. The lowest BCUT2D eigenvalue weighted by Gasteiger charge is -2.60. The van der Waals surface area contributed by atoms with E-state index in [1.54, 1.807) is 0 Å². The zero-order valence-electron chi connectivity index (χ0n) is 15.0. The van der Waals surface area contributed by atoms with Gasteiger partial charge in [-0.3, -0.25) is 0 Å². The zero-order valence-corrected chi connectivity index (χ0v) is 15.0. The van der Waals surface area contributed by atoms with Crippen LogP contribution in [0.1, 0.15) is 71.6 Å². The minimum atomic E-state index is 0.409. The zero-order chi connectivity index (χ0) is 15.9. The topological polar surface area (TPSA) is 0 Å². The molecule has 0 amide bonds. The second-order valence-corrected chi connectivity index (χ2v) is 9.70. The van der Waals surface area contributed by atoms with Crippen LogP contribution >= 0.6 is 0 Å². The summed E-state index contributed by atoms with van der Waals surface area (Å²) in [5.41, 5.74) is 4.59. The number of hydrogen-bond acceptors (Lipinski definition) is 0. The average Bonchev–Trinajstić information content (AvgIpc) is 3.05. The summed E-state index contributed by atoms with van der Waals surface area (Å²) in [5.74, 6) is 2.56. The molecule has 0 bridgehead atoms. The smallest absolute Gasteiger partial charge is 0.0112 e. The summed E-state index contributed by atoms with van der Waals surface area (Å²) in [5, 5.41) is 0. The second kappa shape index (κ2) is 4.44. The summed E-state index contributed by atoms with van der Waals surface area (Å²) < 4.78 is 0. The summed E-state index contributed by atoms with van der Waals surface area (Å²) in [4.78, 5) is 0. The standard InChI is InChI=1S/C23H32/c1-16-15-19-12-7-11-18-13-8-14-22(20(16)21(22,2)3)23(18,19)17-9-5-4-6-10-17/h8,14-15,17-18,20H,1,4-7,9-13H2,2-3H3. The van der Waals surface area contributed by atoms with E-state index in [-0.39, 0.29) is 0 Å². The van der Waals surface area contributed by atoms with E-state index in [0.717, 1.165) is 11.8 Å². The Balaban J connectivity index is 1.77. The van der Waals surface area contributed by atoms with Crippen molar-refractivity contribution in [3.63, 3.8) is 0 Å². The summed E-state index contributed by atoms with van der Waals surface area (Å²) in [7, 11) is 0. The first-order valence-corrected chi connectivity index (χ1v) is 10.1. The molecule has 0 aromatic carbocycles. The van der Waals surface area contributed by atoms with Crippen LogP contribution in [-0.2, 0) is 0 Å². The van der Waals surface area contributed by atoms with Crippen molar-refractivity contribution in [2.24, 2.45) is 34.0 Å². The first-order valence-electron chi connectivity index (χ1n) is 10.1. The van der Waals surface area contributed by atoms with E-state index < -0.39 is 0 Å². The summed E-state index contributed by atoms with van der Waals surface area (Å²) in [6, 6.07) is 0. The Labute approximate surface area is 142 Å². The maximum Gasteiger partial charge on any atom is 0.0112 e. The predicted octanol–water partition coefficient (Wildman–Crippen LogP) is 6.45. The third-order valence-electron chi connectivity index (χ3n) is 8.80. The number of hydrogen-bond donors (Lipinski definition) is 0. The fourth-order valence-electron chi connectivity index (χ4n) is 8.32. The minimum Gasteiger partial charge on any atom is -0.0955 e. The van der Waals surface area contributed by atoms with Gasteiger partial charge in [0.1, 0.15) is 0 Å². The molecule has 4 atom stereocenters. The quantitative estimate of drug-likeness (QED) is 0.488. The van der Waals surface area contributed by atoms with Gasteiger partial charge < -0.3 is 0 Å². The molecule has 0 nitrogen and oxygen atoms in total. The van der Waals surface area contributed by atoms with Gasteiger partial charge in [0.2, 0.25) is 0 Å². The van der Waals surface area contributed by atoms with Crippen LogP contribution in [0.5, 0.6) is 0 Å². The Morgan fingerprint density at radius 3 is 2.52 bits per heavy atom. The molecule has 0 radical (unpaired) electrons. The van der Waals surface area contributed by atoms with Gasteiger partial charge in [-0.25, -0.2) is 0 Å². The highest BCUT2D eigenvalue weighted by Gasteiger charge is 2.82. The molecule has 5 aliphatic rings. The molecule has 3 fully saturated rings. The maximum absolute atomic E-state index is 4.53. The van der Waals surface area contributed by atoms with Gasteiger partial charge >= 0.3 is 0 Å². The first kappa shape index (κ1) is 14.6. The number of rotatable bonds is 1. The van der Waals surface area contributed by atoms with Crippen LogP contribution in [0.2, 0.25) is 0 Å². The van der Waals surface area contributed by atoms with Crippen LogP contribution in [0.3, 0.4) is 0 Å². The van der Waals surface area contributed by atoms with Crippen molar-refractivity contribution in [3.05, 3.63) is 36.0 Å². The van der Waals surface area contributed by atoms with E-state index >= 15 is 0 Å². The largest absolute Gasteiger partial charge is 0.0955 e. The van der Waals surface area contributed by atoms with Crippen molar-refractivity contribution in [1.82, 2.24) is 0 Å². The van der Waals surface area contributed by atoms with Gasteiger partial charge in [-0.1, -0.05) is 69.1 Å². The Bertz CT molecular complexity index is 612. The van der Waals surface area contributed by atoms with E-state index in [2.05, 4.69) is 38.7 Å². The summed E-state index contributed by atoms with van der Waals surface area (Å²) >= 11 is 0. The van der Waals surface area contributed by atoms with Crippen LogP contribution in [0.15, 0.2) is 36.0 Å². The van der Waals surface area contributed by atoms with Crippen molar-refractivity contribution in [1.29, 1.82) is 0 Å². The molecule has 0 N–H and O–H groups in total. The van der Waals surface area contributed by atoms with Crippen LogP contribution in [0.4, 0.5) is 0 Å². The molecule has 23 heavy (non-hydrogen) atoms. The van der Waals surface area contributed by atoms with Crippen LogP contribution in [0.25, 0.3) is 0 Å². The normalized spacial score (nSPS) is 47.6. The first-order chi connectivity index (χ1) is 11.1. The van der Waals surface area contributed by atoms with Crippen LogP contribution in [0, 0.1) is 34.0 Å². The van der Waals surface area contributed by atoms with Gasteiger partial charge in [0.25, 0.3) is 0 Å². The van der Waals surface area contributed by atoms with Gasteiger partial charge in [-0.05, 0) is 61.7 Å². The molecule has 0 saturated heterocycles. The van der Waals surface area contributed by atoms with Gasteiger partial charge in [-0.15, -0.1) is 0 Å². The molecule has 4 unspecified atom stereocenters. The van der Waals surface area contributed by atoms with E-state index in [9.17, 15) is 0 Å². The lowest BCUT2D eigenvalue weighted by Crippen LogP contribution is -2.53. The molecule has 0 aromatic heterocycles. The average molecular weight is 309 g/mol. The van der Waals surface area contributed by atoms with Crippen LogP contribution in [-0.4, -0.2) is 0 Å². The van der Waals surface area contributed by atoms with Crippen molar-refractivity contribution in [2.45, 2.75) is 71.6 Å². The molecule has 0 heteroatoms. The highest BCUT2D eigenvalue weighted by atomic mass is 14.8. The van der Waals surface area contributed by atoms with E-state index in [1.165, 1.54) is 63.4 Å².